The van der Waals surface area contributed by atoms with Gasteiger partial charge in [-0.3, -0.25) is 9.69 Å². The zero-order chi connectivity index (χ0) is 18.8. The molecule has 3 aromatic rings. The first-order chi connectivity index (χ1) is 13.1. The molecular formula is C20H19FN4O2. The molecule has 0 bridgehead atoms. The summed E-state index contributed by atoms with van der Waals surface area (Å²) in [5, 5.41) is 0. The maximum absolute atomic E-state index is 13.8. The lowest BCUT2D eigenvalue weighted by atomic mass is 10.1. The molecule has 2 aromatic heterocycles. The molecule has 138 valence electrons. The van der Waals surface area contributed by atoms with Gasteiger partial charge in [-0.2, -0.15) is 0 Å². The van der Waals surface area contributed by atoms with Crippen molar-refractivity contribution >= 4 is 0 Å². The fourth-order valence-electron chi connectivity index (χ4n) is 3.31. The van der Waals surface area contributed by atoms with Crippen LogP contribution in [0.1, 0.15) is 16.8 Å². The van der Waals surface area contributed by atoms with Gasteiger partial charge >= 0.3 is 0 Å². The number of halogens is 1. The number of hydrogen-bond donors (Lipinski definition) is 1. The van der Waals surface area contributed by atoms with Crippen LogP contribution >= 0.6 is 0 Å². The summed E-state index contributed by atoms with van der Waals surface area (Å²) in [7, 11) is 1.38. The maximum Gasteiger partial charge on any atom is 0.255 e. The smallest absolute Gasteiger partial charge is 0.255 e. The predicted octanol–water partition coefficient (Wildman–Crippen LogP) is 2.54. The van der Waals surface area contributed by atoms with Gasteiger partial charge in [0.1, 0.15) is 5.82 Å². The van der Waals surface area contributed by atoms with Crippen LogP contribution in [0.3, 0.4) is 0 Å². The average molecular weight is 366 g/mol. The summed E-state index contributed by atoms with van der Waals surface area (Å²) in [6.07, 6.45) is 2.27. The van der Waals surface area contributed by atoms with Crippen LogP contribution < -0.4 is 10.3 Å². The third-order valence-corrected chi connectivity index (χ3v) is 4.66. The summed E-state index contributed by atoms with van der Waals surface area (Å²) in [5.74, 6) is 0.0884. The fourth-order valence-corrected chi connectivity index (χ4v) is 3.31. The second kappa shape index (κ2) is 7.28. The Bertz CT molecular complexity index is 1020. The molecule has 0 aliphatic carbocycles. The van der Waals surface area contributed by atoms with Crippen LogP contribution in [-0.2, 0) is 19.5 Å². The zero-order valence-electron chi connectivity index (χ0n) is 14.9. The summed E-state index contributed by atoms with van der Waals surface area (Å²) >= 11 is 0. The Hall–Kier alpha value is -3.06. The highest BCUT2D eigenvalue weighted by molar-refractivity contribution is 5.54. The number of aromatic amines is 1. The van der Waals surface area contributed by atoms with Crippen molar-refractivity contribution in [2.75, 3.05) is 13.7 Å². The van der Waals surface area contributed by atoms with Crippen molar-refractivity contribution < 1.29 is 9.13 Å². The Morgan fingerprint density at radius 1 is 1.30 bits per heavy atom. The topological polar surface area (TPSA) is 71.1 Å². The van der Waals surface area contributed by atoms with Crippen molar-refractivity contribution in [1.29, 1.82) is 0 Å². The van der Waals surface area contributed by atoms with E-state index in [9.17, 15) is 9.18 Å². The number of benzene rings is 1. The second-order valence-electron chi connectivity index (χ2n) is 6.50. The number of pyridine rings is 1. The van der Waals surface area contributed by atoms with Crippen LogP contribution in [0.4, 0.5) is 4.39 Å². The number of ether oxygens (including phenoxy) is 1. The van der Waals surface area contributed by atoms with Crippen molar-refractivity contribution in [2.45, 2.75) is 19.5 Å². The number of hydrogen-bond acceptors (Lipinski definition) is 5. The van der Waals surface area contributed by atoms with Crippen molar-refractivity contribution in [3.63, 3.8) is 0 Å². The summed E-state index contributed by atoms with van der Waals surface area (Å²) < 4.78 is 18.7. The van der Waals surface area contributed by atoms with E-state index in [0.29, 0.717) is 30.9 Å². The highest BCUT2D eigenvalue weighted by Crippen LogP contribution is 2.21. The van der Waals surface area contributed by atoms with Crippen LogP contribution in [0.25, 0.3) is 11.4 Å². The van der Waals surface area contributed by atoms with Gasteiger partial charge in [0.15, 0.2) is 5.82 Å². The quantitative estimate of drug-likeness (QED) is 0.768. The molecule has 1 aliphatic rings. The molecule has 0 saturated carbocycles. The lowest BCUT2D eigenvalue weighted by Crippen LogP contribution is -2.35. The molecule has 27 heavy (non-hydrogen) atoms. The summed E-state index contributed by atoms with van der Waals surface area (Å²) in [6.45, 7) is 1.72. The molecule has 0 spiro atoms. The van der Waals surface area contributed by atoms with E-state index in [0.717, 1.165) is 23.4 Å². The van der Waals surface area contributed by atoms with Gasteiger partial charge in [0, 0.05) is 37.8 Å². The van der Waals surface area contributed by atoms with Crippen LogP contribution in [0.2, 0.25) is 0 Å². The van der Waals surface area contributed by atoms with E-state index in [1.54, 1.807) is 6.20 Å². The molecule has 0 amide bonds. The van der Waals surface area contributed by atoms with Gasteiger partial charge in [-0.1, -0.05) is 30.3 Å². The van der Waals surface area contributed by atoms with Gasteiger partial charge in [0.25, 0.3) is 5.56 Å². The van der Waals surface area contributed by atoms with Gasteiger partial charge < -0.3 is 9.72 Å². The van der Waals surface area contributed by atoms with Crippen LogP contribution in [0.15, 0.2) is 47.4 Å². The van der Waals surface area contributed by atoms with Crippen molar-refractivity contribution in [1.82, 2.24) is 19.9 Å². The van der Waals surface area contributed by atoms with E-state index in [1.165, 1.54) is 13.2 Å². The lowest BCUT2D eigenvalue weighted by molar-refractivity contribution is 0.241. The standard InChI is InChI=1S/C20H19FN4O2/c1-27-20-16(21)9-13(10-22-20)11-25-8-7-17-15(12-25)19(26)24-18(23-17)14-5-3-2-4-6-14/h2-6,9-10H,7-8,11-12H2,1H3,(H,23,24,26). The zero-order valence-corrected chi connectivity index (χ0v) is 14.9. The summed E-state index contributed by atoms with van der Waals surface area (Å²) in [4.78, 5) is 26.2. The van der Waals surface area contributed by atoms with Gasteiger partial charge in [-0.05, 0) is 11.6 Å². The Morgan fingerprint density at radius 2 is 2.11 bits per heavy atom. The minimum Gasteiger partial charge on any atom is -0.479 e. The molecule has 0 unspecified atom stereocenters. The highest BCUT2D eigenvalue weighted by atomic mass is 19.1. The molecule has 0 atom stereocenters. The third-order valence-electron chi connectivity index (χ3n) is 4.66. The van der Waals surface area contributed by atoms with Gasteiger partial charge in [-0.15, -0.1) is 0 Å². The molecular weight excluding hydrogens is 347 g/mol. The number of H-pyrrole nitrogens is 1. The molecule has 1 aromatic carbocycles. The largest absolute Gasteiger partial charge is 0.479 e. The predicted molar refractivity (Wildman–Crippen MR) is 98.9 cm³/mol. The Labute approximate surface area is 155 Å². The molecule has 0 fully saturated rings. The van der Waals surface area contributed by atoms with E-state index in [1.807, 2.05) is 30.3 Å². The molecule has 6 nitrogen and oxygen atoms in total. The molecule has 4 rings (SSSR count). The van der Waals surface area contributed by atoms with Gasteiger partial charge in [0.05, 0.1) is 18.4 Å². The fraction of sp³-hybridized carbons (Fsp3) is 0.250. The van der Waals surface area contributed by atoms with Crippen LogP contribution in [0.5, 0.6) is 5.88 Å². The molecule has 1 aliphatic heterocycles. The molecule has 0 saturated heterocycles. The normalized spacial score (nSPS) is 14.0. The number of nitrogens with zero attached hydrogens (tertiary/aromatic N) is 3. The Balaban J connectivity index is 1.55. The minimum atomic E-state index is -0.487. The third kappa shape index (κ3) is 3.59. The van der Waals surface area contributed by atoms with Crippen molar-refractivity contribution in [2.24, 2.45) is 0 Å². The van der Waals surface area contributed by atoms with E-state index in [4.69, 9.17) is 4.74 Å². The average Bonchev–Trinajstić information content (AvgIpc) is 2.69. The van der Waals surface area contributed by atoms with E-state index >= 15 is 0 Å². The van der Waals surface area contributed by atoms with Crippen molar-refractivity contribution in [3.8, 4) is 17.3 Å². The number of aromatic nitrogens is 3. The molecule has 1 N–H and O–H groups in total. The maximum atomic E-state index is 13.8. The lowest BCUT2D eigenvalue weighted by Gasteiger charge is -2.27. The highest BCUT2D eigenvalue weighted by Gasteiger charge is 2.22. The van der Waals surface area contributed by atoms with E-state index in [2.05, 4.69) is 19.9 Å². The first kappa shape index (κ1) is 17.4. The van der Waals surface area contributed by atoms with Gasteiger partial charge in [0.2, 0.25) is 5.88 Å². The SMILES string of the molecule is COc1ncc(CN2CCc3nc(-c4ccccc4)[nH]c(=O)c3C2)cc1F. The number of rotatable bonds is 4. The number of nitrogens with one attached hydrogen (secondary N) is 1. The summed E-state index contributed by atoms with van der Waals surface area (Å²) in [6, 6.07) is 11.0. The molecule has 7 heteroatoms. The van der Waals surface area contributed by atoms with Crippen LogP contribution in [-0.4, -0.2) is 33.5 Å². The van der Waals surface area contributed by atoms with E-state index in [-0.39, 0.29) is 11.4 Å². The molecule has 3 heterocycles. The Kier molecular flexibility index (Phi) is 4.68. The van der Waals surface area contributed by atoms with Crippen molar-refractivity contribution in [3.05, 3.63) is 75.6 Å². The second-order valence-corrected chi connectivity index (χ2v) is 6.50. The minimum absolute atomic E-state index is 0.0168. The van der Waals surface area contributed by atoms with E-state index < -0.39 is 5.82 Å². The number of fused-ring (bicyclic) bond motifs is 1. The van der Waals surface area contributed by atoms with Gasteiger partial charge in [-0.25, -0.2) is 14.4 Å². The summed E-state index contributed by atoms with van der Waals surface area (Å²) in [5.41, 5.74) is 3.00. The number of methoxy groups -OCH3 is 1. The van der Waals surface area contributed by atoms with Crippen LogP contribution in [0, 0.1) is 5.82 Å². The Morgan fingerprint density at radius 3 is 2.85 bits per heavy atom. The first-order valence-electron chi connectivity index (χ1n) is 8.72. The first-order valence-corrected chi connectivity index (χ1v) is 8.72. The molecule has 0 radical (unpaired) electrons. The monoisotopic (exact) mass is 366 g/mol.